The average Bonchev–Trinajstić information content (AvgIpc) is 2.03. The van der Waals surface area contributed by atoms with E-state index in [9.17, 15) is 0 Å². The molecule has 0 bridgehead atoms. The third-order valence-corrected chi connectivity index (χ3v) is 2.10. The number of nitrogen functional groups attached to an aromatic ring is 1. The van der Waals surface area contributed by atoms with Crippen molar-refractivity contribution in [1.82, 2.24) is 4.98 Å². The molecule has 0 aliphatic heterocycles. The second kappa shape index (κ2) is 3.34. The molecule has 3 heteroatoms. The van der Waals surface area contributed by atoms with Crippen molar-refractivity contribution in [2.45, 2.75) is 26.8 Å². The summed E-state index contributed by atoms with van der Waals surface area (Å²) < 4.78 is 0. The molecule has 0 aliphatic rings. The van der Waals surface area contributed by atoms with E-state index in [4.69, 9.17) is 11.5 Å². The quantitative estimate of drug-likeness (QED) is 0.689. The van der Waals surface area contributed by atoms with Gasteiger partial charge >= 0.3 is 0 Å². The molecular weight excluding hydrogens is 162 g/mol. The van der Waals surface area contributed by atoms with Crippen LogP contribution in [-0.4, -0.2) is 4.98 Å². The van der Waals surface area contributed by atoms with E-state index < -0.39 is 0 Å². The number of pyridine rings is 1. The summed E-state index contributed by atoms with van der Waals surface area (Å²) in [7, 11) is 0. The summed E-state index contributed by atoms with van der Waals surface area (Å²) in [5, 5.41) is 0. The summed E-state index contributed by atoms with van der Waals surface area (Å²) in [5.41, 5.74) is 12.6. The van der Waals surface area contributed by atoms with E-state index >= 15 is 0 Å². The first-order valence-corrected chi connectivity index (χ1v) is 4.38. The van der Waals surface area contributed by atoms with Gasteiger partial charge < -0.3 is 11.5 Å². The highest BCUT2D eigenvalue weighted by atomic mass is 14.8. The second-order valence-electron chi connectivity index (χ2n) is 4.36. The second-order valence-corrected chi connectivity index (χ2v) is 4.36. The monoisotopic (exact) mass is 179 g/mol. The van der Waals surface area contributed by atoms with Gasteiger partial charge in [0.25, 0.3) is 0 Å². The predicted octanol–water partition coefficient (Wildman–Crippen LogP) is 1.71. The van der Waals surface area contributed by atoms with Gasteiger partial charge in [-0.05, 0) is 17.0 Å². The first-order chi connectivity index (χ1) is 5.91. The highest BCUT2D eigenvalue weighted by Gasteiger charge is 2.22. The maximum atomic E-state index is 6.04. The van der Waals surface area contributed by atoms with Crippen LogP contribution in [0.15, 0.2) is 18.3 Å². The SMILES string of the molecule is CC(C)(C)[C@H](N)c1ccc(N)nc1. The zero-order valence-corrected chi connectivity index (χ0v) is 8.41. The van der Waals surface area contributed by atoms with Crippen molar-refractivity contribution >= 4 is 5.82 Å². The molecule has 0 unspecified atom stereocenters. The van der Waals surface area contributed by atoms with Gasteiger partial charge in [0.1, 0.15) is 5.82 Å². The largest absolute Gasteiger partial charge is 0.384 e. The van der Waals surface area contributed by atoms with Gasteiger partial charge in [-0.1, -0.05) is 26.8 Å². The number of hydrogen-bond donors (Lipinski definition) is 2. The van der Waals surface area contributed by atoms with Crippen molar-refractivity contribution in [3.05, 3.63) is 23.9 Å². The van der Waals surface area contributed by atoms with Gasteiger partial charge in [-0.25, -0.2) is 4.98 Å². The van der Waals surface area contributed by atoms with Gasteiger partial charge in [0.2, 0.25) is 0 Å². The number of hydrogen-bond acceptors (Lipinski definition) is 3. The summed E-state index contributed by atoms with van der Waals surface area (Å²) >= 11 is 0. The molecule has 0 saturated carbocycles. The normalized spacial score (nSPS) is 14.2. The van der Waals surface area contributed by atoms with E-state index in [0.717, 1.165) is 5.56 Å². The van der Waals surface area contributed by atoms with Gasteiger partial charge in [0.05, 0.1) is 0 Å². The number of aromatic nitrogens is 1. The molecule has 0 aromatic carbocycles. The van der Waals surface area contributed by atoms with Gasteiger partial charge in [0, 0.05) is 12.2 Å². The van der Waals surface area contributed by atoms with Crippen molar-refractivity contribution < 1.29 is 0 Å². The lowest BCUT2D eigenvalue weighted by atomic mass is 9.84. The fourth-order valence-electron chi connectivity index (χ4n) is 1.10. The zero-order chi connectivity index (χ0) is 10.1. The van der Waals surface area contributed by atoms with Gasteiger partial charge in [-0.15, -0.1) is 0 Å². The number of nitrogens with two attached hydrogens (primary N) is 2. The van der Waals surface area contributed by atoms with Gasteiger partial charge in [0.15, 0.2) is 0 Å². The van der Waals surface area contributed by atoms with E-state index in [2.05, 4.69) is 25.8 Å². The third-order valence-electron chi connectivity index (χ3n) is 2.10. The molecule has 4 N–H and O–H groups in total. The van der Waals surface area contributed by atoms with E-state index in [1.54, 1.807) is 12.3 Å². The van der Waals surface area contributed by atoms with Crippen LogP contribution in [0.4, 0.5) is 5.82 Å². The van der Waals surface area contributed by atoms with E-state index in [0.29, 0.717) is 5.82 Å². The molecular formula is C10H17N3. The molecule has 1 rings (SSSR count). The lowest BCUT2D eigenvalue weighted by Crippen LogP contribution is -2.26. The van der Waals surface area contributed by atoms with Crippen LogP contribution in [0.3, 0.4) is 0 Å². The first-order valence-electron chi connectivity index (χ1n) is 4.38. The molecule has 1 aromatic heterocycles. The Morgan fingerprint density at radius 2 is 1.92 bits per heavy atom. The summed E-state index contributed by atoms with van der Waals surface area (Å²) in [5.74, 6) is 0.532. The van der Waals surface area contributed by atoms with Crippen LogP contribution in [0, 0.1) is 5.41 Å². The Labute approximate surface area is 79.2 Å². The molecule has 0 saturated heterocycles. The maximum Gasteiger partial charge on any atom is 0.123 e. The standard InChI is InChI=1S/C10H17N3/c1-10(2,3)9(12)7-4-5-8(11)13-6-7/h4-6,9H,12H2,1-3H3,(H2,11,13)/t9-/m1/s1. The molecule has 3 nitrogen and oxygen atoms in total. The predicted molar refractivity (Wildman–Crippen MR) is 55.0 cm³/mol. The molecule has 0 amide bonds. The lowest BCUT2D eigenvalue weighted by Gasteiger charge is -2.27. The smallest absolute Gasteiger partial charge is 0.123 e. The molecule has 0 radical (unpaired) electrons. The van der Waals surface area contributed by atoms with Crippen LogP contribution in [0.1, 0.15) is 32.4 Å². The Hall–Kier alpha value is -1.09. The minimum Gasteiger partial charge on any atom is -0.384 e. The highest BCUT2D eigenvalue weighted by Crippen LogP contribution is 2.29. The minimum atomic E-state index is 0.000556. The van der Waals surface area contributed by atoms with E-state index in [-0.39, 0.29) is 11.5 Å². The Kier molecular flexibility index (Phi) is 2.57. The van der Waals surface area contributed by atoms with Crippen molar-refractivity contribution in [2.75, 3.05) is 5.73 Å². The van der Waals surface area contributed by atoms with Crippen LogP contribution in [0.2, 0.25) is 0 Å². The topological polar surface area (TPSA) is 64.9 Å². The molecule has 1 aromatic rings. The Bertz CT molecular complexity index is 271. The summed E-state index contributed by atoms with van der Waals surface area (Å²) in [4.78, 5) is 4.01. The third kappa shape index (κ3) is 2.42. The van der Waals surface area contributed by atoms with Crippen molar-refractivity contribution in [3.8, 4) is 0 Å². The molecule has 13 heavy (non-hydrogen) atoms. The first kappa shape index (κ1) is 9.99. The Morgan fingerprint density at radius 3 is 2.31 bits per heavy atom. The molecule has 72 valence electrons. The van der Waals surface area contributed by atoms with Crippen LogP contribution in [0.25, 0.3) is 0 Å². The van der Waals surface area contributed by atoms with Crippen LogP contribution in [-0.2, 0) is 0 Å². The van der Waals surface area contributed by atoms with Crippen LogP contribution >= 0.6 is 0 Å². The summed E-state index contributed by atoms with van der Waals surface area (Å²) in [6.45, 7) is 6.32. The Balaban J connectivity index is 2.90. The van der Waals surface area contributed by atoms with Crippen molar-refractivity contribution in [1.29, 1.82) is 0 Å². The fraction of sp³-hybridized carbons (Fsp3) is 0.500. The lowest BCUT2D eigenvalue weighted by molar-refractivity contribution is 0.326. The Morgan fingerprint density at radius 1 is 1.31 bits per heavy atom. The molecule has 0 fully saturated rings. The highest BCUT2D eigenvalue weighted by molar-refractivity contribution is 5.30. The summed E-state index contributed by atoms with van der Waals surface area (Å²) in [6.07, 6.45) is 1.74. The molecule has 1 heterocycles. The average molecular weight is 179 g/mol. The molecule has 0 spiro atoms. The van der Waals surface area contributed by atoms with Crippen LogP contribution < -0.4 is 11.5 Å². The maximum absolute atomic E-state index is 6.04. The number of nitrogens with zero attached hydrogens (tertiary/aromatic N) is 1. The van der Waals surface area contributed by atoms with E-state index in [1.807, 2.05) is 6.07 Å². The minimum absolute atomic E-state index is 0.000556. The van der Waals surface area contributed by atoms with Crippen LogP contribution in [0.5, 0.6) is 0 Å². The van der Waals surface area contributed by atoms with Gasteiger partial charge in [-0.3, -0.25) is 0 Å². The van der Waals surface area contributed by atoms with Gasteiger partial charge in [-0.2, -0.15) is 0 Å². The molecule has 1 atom stereocenters. The summed E-state index contributed by atoms with van der Waals surface area (Å²) in [6, 6.07) is 3.71. The molecule has 0 aliphatic carbocycles. The fourth-order valence-corrected chi connectivity index (χ4v) is 1.10. The van der Waals surface area contributed by atoms with Crippen molar-refractivity contribution in [3.63, 3.8) is 0 Å². The number of anilines is 1. The zero-order valence-electron chi connectivity index (χ0n) is 8.41. The van der Waals surface area contributed by atoms with E-state index in [1.165, 1.54) is 0 Å². The number of rotatable bonds is 1. The van der Waals surface area contributed by atoms with Crippen molar-refractivity contribution in [2.24, 2.45) is 11.1 Å².